The zero-order chi connectivity index (χ0) is 27.2. The summed E-state index contributed by atoms with van der Waals surface area (Å²) in [6.45, 7) is 9.14. The van der Waals surface area contributed by atoms with E-state index in [1.54, 1.807) is 42.5 Å². The number of nitrogens with zero attached hydrogens (tertiary/aromatic N) is 1. The SMILES string of the molecule is CC1(C)C(NC(=O)c2ccc(OCCCCOCC(N)=O)cc2)C(C)(C)C1Oc1ccc(C#N)c(Cl)c1. The average molecular weight is 528 g/mol. The number of carbonyl (C=O) groups excluding carboxylic acids is 2. The minimum absolute atomic E-state index is 0.0702. The van der Waals surface area contributed by atoms with Crippen molar-refractivity contribution in [2.45, 2.75) is 52.7 Å². The van der Waals surface area contributed by atoms with Crippen molar-refractivity contribution in [3.8, 4) is 17.6 Å². The number of unbranched alkanes of at least 4 members (excludes halogenated alkanes) is 1. The van der Waals surface area contributed by atoms with Gasteiger partial charge in [0, 0.05) is 35.1 Å². The van der Waals surface area contributed by atoms with E-state index in [0.717, 1.165) is 12.8 Å². The molecule has 0 saturated heterocycles. The molecule has 0 bridgehead atoms. The summed E-state index contributed by atoms with van der Waals surface area (Å²) < 4.78 is 17.1. The number of hydrogen-bond donors (Lipinski definition) is 2. The fourth-order valence-corrected chi connectivity index (χ4v) is 5.39. The van der Waals surface area contributed by atoms with E-state index in [0.29, 0.717) is 40.9 Å². The molecule has 37 heavy (non-hydrogen) atoms. The Morgan fingerprint density at radius 2 is 1.65 bits per heavy atom. The molecule has 2 amide bonds. The Morgan fingerprint density at radius 1 is 1.03 bits per heavy atom. The molecule has 0 heterocycles. The van der Waals surface area contributed by atoms with Crippen molar-refractivity contribution < 1.29 is 23.8 Å². The maximum absolute atomic E-state index is 13.0. The van der Waals surface area contributed by atoms with Crippen LogP contribution in [0.25, 0.3) is 0 Å². The Hall–Kier alpha value is -3.28. The van der Waals surface area contributed by atoms with Gasteiger partial charge in [0.05, 0.1) is 17.2 Å². The molecule has 0 spiro atoms. The Bertz CT molecular complexity index is 1140. The first-order valence-corrected chi connectivity index (χ1v) is 12.6. The molecule has 0 radical (unpaired) electrons. The Balaban J connectivity index is 1.52. The van der Waals surface area contributed by atoms with Crippen LogP contribution in [0, 0.1) is 22.2 Å². The summed E-state index contributed by atoms with van der Waals surface area (Å²) in [4.78, 5) is 23.7. The second-order valence-corrected chi connectivity index (χ2v) is 10.8. The van der Waals surface area contributed by atoms with Gasteiger partial charge in [-0.15, -0.1) is 0 Å². The van der Waals surface area contributed by atoms with Crippen LogP contribution in [0.4, 0.5) is 0 Å². The highest BCUT2D eigenvalue weighted by molar-refractivity contribution is 6.31. The Kier molecular flexibility index (Phi) is 9.06. The lowest BCUT2D eigenvalue weighted by molar-refractivity contribution is -0.164. The minimum atomic E-state index is -0.480. The minimum Gasteiger partial charge on any atom is -0.494 e. The summed E-state index contributed by atoms with van der Waals surface area (Å²) in [5.74, 6) is 0.623. The molecule has 1 aliphatic rings. The summed E-state index contributed by atoms with van der Waals surface area (Å²) in [6.07, 6.45) is 1.35. The van der Waals surface area contributed by atoms with Crippen molar-refractivity contribution in [3.05, 3.63) is 58.6 Å². The number of carbonyl (C=O) groups is 2. The Morgan fingerprint density at radius 3 is 2.24 bits per heavy atom. The van der Waals surface area contributed by atoms with Crippen LogP contribution in [0.2, 0.25) is 5.02 Å². The number of ether oxygens (including phenoxy) is 3. The highest BCUT2D eigenvalue weighted by Crippen LogP contribution is 2.55. The van der Waals surface area contributed by atoms with Crippen LogP contribution in [0.1, 0.15) is 56.5 Å². The molecule has 0 aliphatic heterocycles. The molecule has 8 nitrogen and oxygen atoms in total. The van der Waals surface area contributed by atoms with E-state index in [2.05, 4.69) is 33.0 Å². The first-order valence-electron chi connectivity index (χ1n) is 12.2. The molecule has 2 aromatic rings. The predicted molar refractivity (Wildman–Crippen MR) is 141 cm³/mol. The summed E-state index contributed by atoms with van der Waals surface area (Å²) in [5.41, 5.74) is 5.27. The molecule has 3 rings (SSSR count). The number of rotatable bonds is 12. The Labute approximate surface area is 223 Å². The van der Waals surface area contributed by atoms with Gasteiger partial charge in [0.15, 0.2) is 0 Å². The molecule has 1 fully saturated rings. The standard InChI is InChI=1S/C28H34ClN3O5/c1-27(2)25(28(3,4)26(27)37-21-12-9-19(16-30)22(29)15-21)32-24(34)18-7-10-20(11-8-18)36-14-6-5-13-35-17-23(31)33/h7-12,15,25-26H,5-6,13-14,17H2,1-4H3,(H2,31,33)(H,32,34). The molecule has 0 atom stereocenters. The number of halogens is 1. The lowest BCUT2D eigenvalue weighted by Crippen LogP contribution is -2.74. The molecular weight excluding hydrogens is 494 g/mol. The van der Waals surface area contributed by atoms with Crippen LogP contribution < -0.4 is 20.5 Å². The first kappa shape index (κ1) is 28.3. The van der Waals surface area contributed by atoms with E-state index in [1.807, 2.05) is 6.07 Å². The first-order chi connectivity index (χ1) is 17.5. The molecule has 0 aromatic heterocycles. The monoisotopic (exact) mass is 527 g/mol. The number of nitrogens with one attached hydrogen (secondary N) is 1. The van der Waals surface area contributed by atoms with Gasteiger partial charge in [-0.1, -0.05) is 39.3 Å². The van der Waals surface area contributed by atoms with E-state index in [4.69, 9.17) is 36.8 Å². The number of amides is 2. The molecule has 1 saturated carbocycles. The summed E-state index contributed by atoms with van der Waals surface area (Å²) in [6, 6.07) is 14.0. The molecule has 2 aromatic carbocycles. The number of nitriles is 1. The van der Waals surface area contributed by atoms with Gasteiger partial charge in [-0.2, -0.15) is 5.26 Å². The zero-order valence-electron chi connectivity index (χ0n) is 21.7. The fraction of sp³-hybridized carbons (Fsp3) is 0.464. The third-order valence-electron chi connectivity index (χ3n) is 6.74. The van der Waals surface area contributed by atoms with E-state index >= 15 is 0 Å². The van der Waals surface area contributed by atoms with Crippen LogP contribution in [0.15, 0.2) is 42.5 Å². The summed E-state index contributed by atoms with van der Waals surface area (Å²) >= 11 is 6.17. The van der Waals surface area contributed by atoms with Gasteiger partial charge in [0.25, 0.3) is 5.91 Å². The number of nitrogens with two attached hydrogens (primary N) is 1. The van der Waals surface area contributed by atoms with E-state index in [9.17, 15) is 9.59 Å². The van der Waals surface area contributed by atoms with Crippen molar-refractivity contribution in [3.63, 3.8) is 0 Å². The molecule has 0 unspecified atom stereocenters. The van der Waals surface area contributed by atoms with E-state index in [1.165, 1.54) is 0 Å². The fourth-order valence-electron chi connectivity index (χ4n) is 5.18. The van der Waals surface area contributed by atoms with Crippen LogP contribution in [0.3, 0.4) is 0 Å². The van der Waals surface area contributed by atoms with Gasteiger partial charge in [-0.05, 0) is 49.2 Å². The molecular formula is C28H34ClN3O5. The normalized spacial score (nSPS) is 19.2. The van der Waals surface area contributed by atoms with Gasteiger partial charge in [0.1, 0.15) is 30.3 Å². The van der Waals surface area contributed by atoms with E-state index < -0.39 is 5.91 Å². The smallest absolute Gasteiger partial charge is 0.251 e. The van der Waals surface area contributed by atoms with Gasteiger partial charge < -0.3 is 25.3 Å². The van der Waals surface area contributed by atoms with Gasteiger partial charge in [0.2, 0.25) is 5.91 Å². The molecule has 3 N–H and O–H groups in total. The van der Waals surface area contributed by atoms with Crippen molar-refractivity contribution in [1.29, 1.82) is 5.26 Å². The van der Waals surface area contributed by atoms with Crippen LogP contribution in [-0.2, 0) is 9.53 Å². The van der Waals surface area contributed by atoms with Crippen molar-refractivity contribution in [1.82, 2.24) is 5.32 Å². The lowest BCUT2D eigenvalue weighted by atomic mass is 9.49. The maximum atomic E-state index is 13.0. The second-order valence-electron chi connectivity index (χ2n) is 10.4. The molecule has 198 valence electrons. The quantitative estimate of drug-likeness (QED) is 0.392. The van der Waals surface area contributed by atoms with Crippen LogP contribution >= 0.6 is 11.6 Å². The van der Waals surface area contributed by atoms with Crippen molar-refractivity contribution >= 4 is 23.4 Å². The summed E-state index contributed by atoms with van der Waals surface area (Å²) in [7, 11) is 0. The number of benzene rings is 2. The van der Waals surface area contributed by atoms with Crippen molar-refractivity contribution in [2.75, 3.05) is 19.8 Å². The third-order valence-corrected chi connectivity index (χ3v) is 7.06. The third kappa shape index (κ3) is 6.73. The van der Waals surface area contributed by atoms with Gasteiger partial charge >= 0.3 is 0 Å². The van der Waals surface area contributed by atoms with Gasteiger partial charge in [-0.25, -0.2) is 0 Å². The number of hydrogen-bond acceptors (Lipinski definition) is 6. The second kappa shape index (κ2) is 11.8. The largest absolute Gasteiger partial charge is 0.494 e. The lowest BCUT2D eigenvalue weighted by Gasteiger charge is -2.63. The van der Waals surface area contributed by atoms with Gasteiger partial charge in [-0.3, -0.25) is 9.59 Å². The highest BCUT2D eigenvalue weighted by atomic mass is 35.5. The van der Waals surface area contributed by atoms with Crippen molar-refractivity contribution in [2.24, 2.45) is 16.6 Å². The molecule has 9 heteroatoms. The maximum Gasteiger partial charge on any atom is 0.251 e. The van der Waals surface area contributed by atoms with E-state index in [-0.39, 0.29) is 35.5 Å². The summed E-state index contributed by atoms with van der Waals surface area (Å²) in [5, 5.41) is 12.6. The van der Waals surface area contributed by atoms with Crippen LogP contribution in [-0.4, -0.2) is 43.8 Å². The molecule has 1 aliphatic carbocycles. The predicted octanol–water partition coefficient (Wildman–Crippen LogP) is 4.48. The zero-order valence-corrected chi connectivity index (χ0v) is 22.4. The topological polar surface area (TPSA) is 124 Å². The van der Waals surface area contributed by atoms with Crippen LogP contribution in [0.5, 0.6) is 11.5 Å². The average Bonchev–Trinajstić information content (AvgIpc) is 2.85. The highest BCUT2D eigenvalue weighted by Gasteiger charge is 2.64. The number of primary amides is 1.